The van der Waals surface area contributed by atoms with Crippen LogP contribution in [0.4, 0.5) is 11.4 Å². The number of hydrogen-bond acceptors (Lipinski definition) is 5. The smallest absolute Gasteiger partial charge is 0.236 e. The van der Waals surface area contributed by atoms with Gasteiger partial charge < -0.3 is 22.1 Å². The Hall–Kier alpha value is -1.83. The van der Waals surface area contributed by atoms with Gasteiger partial charge in [0.05, 0.1) is 35.1 Å². The van der Waals surface area contributed by atoms with E-state index >= 15 is 0 Å². The summed E-state index contributed by atoms with van der Waals surface area (Å²) in [6.45, 7) is -0.314. The van der Waals surface area contributed by atoms with Crippen LogP contribution in [0.25, 0.3) is 0 Å². The van der Waals surface area contributed by atoms with Crippen LogP contribution in [0.2, 0.25) is 0 Å². The van der Waals surface area contributed by atoms with Gasteiger partial charge >= 0.3 is 0 Å². The average Bonchev–Trinajstić information content (AvgIpc) is 2.14. The minimum absolute atomic E-state index is 0.157. The number of halogens is 1. The van der Waals surface area contributed by atoms with Crippen molar-refractivity contribution in [1.29, 1.82) is 0 Å². The maximum absolute atomic E-state index is 10.9. The monoisotopic (exact) mass is 301 g/mol. The molecule has 0 aliphatic rings. The van der Waals surface area contributed by atoms with E-state index in [-0.39, 0.29) is 13.1 Å². The summed E-state index contributed by atoms with van der Waals surface area (Å²) in [5.41, 5.74) is 16.7. The number of rotatable bonds is 5. The Labute approximate surface area is 106 Å². The maximum Gasteiger partial charge on any atom is 0.236 e. The SMILES string of the molecule is NC(=O)CN(CC(N)=O)c1c(N)cncc1Br. The largest absolute Gasteiger partial charge is 0.396 e. The van der Waals surface area contributed by atoms with Crippen LogP contribution >= 0.6 is 15.9 Å². The Morgan fingerprint density at radius 1 is 1.24 bits per heavy atom. The quantitative estimate of drug-likeness (QED) is 0.656. The molecule has 92 valence electrons. The molecule has 1 aromatic rings. The summed E-state index contributed by atoms with van der Waals surface area (Å²) in [6, 6.07) is 0. The fraction of sp³-hybridized carbons (Fsp3) is 0.222. The van der Waals surface area contributed by atoms with Crippen molar-refractivity contribution < 1.29 is 9.59 Å². The molecule has 1 heterocycles. The van der Waals surface area contributed by atoms with Crippen LogP contribution < -0.4 is 22.1 Å². The molecule has 0 aliphatic heterocycles. The number of aromatic nitrogens is 1. The van der Waals surface area contributed by atoms with Crippen molar-refractivity contribution in [1.82, 2.24) is 4.98 Å². The van der Waals surface area contributed by atoms with E-state index in [9.17, 15) is 9.59 Å². The van der Waals surface area contributed by atoms with Crippen molar-refractivity contribution in [3.05, 3.63) is 16.9 Å². The molecule has 0 spiro atoms. The zero-order valence-corrected chi connectivity index (χ0v) is 10.5. The van der Waals surface area contributed by atoms with E-state index in [1.54, 1.807) is 0 Å². The molecule has 0 radical (unpaired) electrons. The highest BCUT2D eigenvalue weighted by molar-refractivity contribution is 9.10. The van der Waals surface area contributed by atoms with Gasteiger partial charge in [0.1, 0.15) is 0 Å². The number of carbonyl (C=O) groups excluding carboxylic acids is 2. The predicted octanol–water partition coefficient (Wildman–Crippen LogP) is -0.797. The van der Waals surface area contributed by atoms with E-state index in [2.05, 4.69) is 20.9 Å². The second-order valence-corrected chi connectivity index (χ2v) is 4.20. The molecule has 0 bridgehead atoms. The molecule has 2 amide bonds. The fourth-order valence-electron chi connectivity index (χ4n) is 1.37. The zero-order valence-electron chi connectivity index (χ0n) is 8.89. The highest BCUT2D eigenvalue weighted by Gasteiger charge is 2.17. The number of anilines is 2. The normalized spacial score (nSPS) is 9.94. The number of primary amides is 2. The van der Waals surface area contributed by atoms with Crippen LogP contribution in [0.1, 0.15) is 0 Å². The van der Waals surface area contributed by atoms with Crippen molar-refractivity contribution in [2.24, 2.45) is 11.5 Å². The molecule has 7 nitrogen and oxygen atoms in total. The number of carbonyl (C=O) groups is 2. The summed E-state index contributed by atoms with van der Waals surface area (Å²) in [6.07, 6.45) is 2.91. The standard InChI is InChI=1S/C9H12BrN5O2/c10-5-1-14-2-6(11)9(5)15(3-7(12)16)4-8(13)17/h1-2H,3-4,11H2,(H2,12,16)(H2,13,17). The summed E-state index contributed by atoms with van der Waals surface area (Å²) in [5, 5.41) is 0. The summed E-state index contributed by atoms with van der Waals surface area (Å²) < 4.78 is 0.556. The van der Waals surface area contributed by atoms with Gasteiger partial charge in [0.2, 0.25) is 11.8 Å². The van der Waals surface area contributed by atoms with Crippen molar-refractivity contribution in [3.63, 3.8) is 0 Å². The Kier molecular flexibility index (Phi) is 4.27. The third-order valence-corrected chi connectivity index (χ3v) is 2.49. The Morgan fingerprint density at radius 3 is 2.18 bits per heavy atom. The number of amides is 2. The van der Waals surface area contributed by atoms with Gasteiger partial charge in [0.25, 0.3) is 0 Å². The van der Waals surface area contributed by atoms with Crippen molar-refractivity contribution >= 4 is 39.1 Å². The third kappa shape index (κ3) is 3.59. The van der Waals surface area contributed by atoms with Crippen LogP contribution in [0.15, 0.2) is 16.9 Å². The third-order valence-electron chi connectivity index (χ3n) is 1.91. The molecule has 1 rings (SSSR count). The highest BCUT2D eigenvalue weighted by atomic mass is 79.9. The second-order valence-electron chi connectivity index (χ2n) is 3.35. The van der Waals surface area contributed by atoms with Crippen LogP contribution in [-0.4, -0.2) is 29.9 Å². The first-order valence-corrected chi connectivity index (χ1v) is 5.41. The average molecular weight is 302 g/mol. The maximum atomic E-state index is 10.9. The first-order valence-electron chi connectivity index (χ1n) is 4.62. The van der Waals surface area contributed by atoms with Crippen LogP contribution in [-0.2, 0) is 9.59 Å². The molecule has 0 saturated carbocycles. The number of pyridine rings is 1. The Morgan fingerprint density at radius 2 is 1.76 bits per heavy atom. The molecule has 0 atom stereocenters. The molecule has 8 heteroatoms. The molecule has 1 aromatic heterocycles. The topological polar surface area (TPSA) is 128 Å². The minimum atomic E-state index is -0.589. The summed E-state index contributed by atoms with van der Waals surface area (Å²) in [5.74, 6) is -1.18. The first-order chi connectivity index (χ1) is 7.91. The van der Waals surface area contributed by atoms with Gasteiger partial charge in [-0.2, -0.15) is 0 Å². The van der Waals surface area contributed by atoms with Gasteiger partial charge in [0.15, 0.2) is 0 Å². The lowest BCUT2D eigenvalue weighted by molar-refractivity contribution is -0.117. The van der Waals surface area contributed by atoms with E-state index in [4.69, 9.17) is 17.2 Å². The van der Waals surface area contributed by atoms with Crippen LogP contribution in [0.3, 0.4) is 0 Å². The zero-order chi connectivity index (χ0) is 13.0. The molecule has 17 heavy (non-hydrogen) atoms. The summed E-state index contributed by atoms with van der Waals surface area (Å²) in [7, 11) is 0. The fourth-order valence-corrected chi connectivity index (χ4v) is 1.96. The number of nitrogens with zero attached hydrogens (tertiary/aromatic N) is 2. The van der Waals surface area contributed by atoms with Gasteiger partial charge in [-0.1, -0.05) is 0 Å². The van der Waals surface area contributed by atoms with E-state index < -0.39 is 11.8 Å². The number of nitrogen functional groups attached to an aromatic ring is 1. The van der Waals surface area contributed by atoms with Gasteiger partial charge in [-0.25, -0.2) is 0 Å². The molecule has 0 aliphatic carbocycles. The summed E-state index contributed by atoms with van der Waals surface area (Å²) >= 11 is 3.24. The van der Waals surface area contributed by atoms with E-state index in [0.717, 1.165) is 0 Å². The summed E-state index contributed by atoms with van der Waals surface area (Å²) in [4.78, 5) is 27.1. The van der Waals surface area contributed by atoms with Gasteiger partial charge in [-0.05, 0) is 15.9 Å². The van der Waals surface area contributed by atoms with Crippen molar-refractivity contribution in [2.75, 3.05) is 23.7 Å². The second kappa shape index (κ2) is 5.48. The molecule has 0 unspecified atom stereocenters. The number of hydrogen-bond donors (Lipinski definition) is 3. The van der Waals surface area contributed by atoms with E-state index in [1.165, 1.54) is 17.3 Å². The molecular weight excluding hydrogens is 290 g/mol. The lowest BCUT2D eigenvalue weighted by atomic mass is 10.3. The lowest BCUT2D eigenvalue weighted by Gasteiger charge is -2.24. The Bertz CT molecular complexity index is 415. The van der Waals surface area contributed by atoms with Gasteiger partial charge in [0, 0.05) is 6.20 Å². The molecule has 6 N–H and O–H groups in total. The molecule has 0 saturated heterocycles. The van der Waals surface area contributed by atoms with Gasteiger partial charge in [-0.15, -0.1) is 0 Å². The van der Waals surface area contributed by atoms with E-state index in [1.807, 2.05) is 0 Å². The number of nitrogens with two attached hydrogens (primary N) is 3. The van der Waals surface area contributed by atoms with Crippen molar-refractivity contribution in [2.45, 2.75) is 0 Å². The first kappa shape index (κ1) is 13.2. The van der Waals surface area contributed by atoms with Crippen LogP contribution in [0.5, 0.6) is 0 Å². The molecule has 0 fully saturated rings. The van der Waals surface area contributed by atoms with Crippen LogP contribution in [0, 0.1) is 0 Å². The predicted molar refractivity (Wildman–Crippen MR) is 67.0 cm³/mol. The van der Waals surface area contributed by atoms with Crippen molar-refractivity contribution in [3.8, 4) is 0 Å². The minimum Gasteiger partial charge on any atom is -0.396 e. The molecule has 0 aromatic carbocycles. The lowest BCUT2D eigenvalue weighted by Crippen LogP contribution is -2.40. The van der Waals surface area contributed by atoms with E-state index in [0.29, 0.717) is 15.8 Å². The Balaban J connectivity index is 3.11. The highest BCUT2D eigenvalue weighted by Crippen LogP contribution is 2.30. The molecular formula is C9H12BrN5O2. The van der Waals surface area contributed by atoms with Gasteiger partial charge in [-0.3, -0.25) is 14.6 Å².